The third-order valence-corrected chi connectivity index (χ3v) is 1.53. The van der Waals surface area contributed by atoms with Gasteiger partial charge in [0.2, 0.25) is 0 Å². The van der Waals surface area contributed by atoms with Crippen LogP contribution in [-0.2, 0) is 18.8 Å². The summed E-state index contributed by atoms with van der Waals surface area (Å²) in [7, 11) is -4.72. The Bertz CT molecular complexity index is 390. The fourth-order valence-electron chi connectivity index (χ4n) is 0.488. The standard InChI is InChI=1S/C7H8NO7P/c1-3-14-6(9)5(2)4-15-7(10)8-16(11,12)13/h1H,2,4H2,(H3,8,10,11,12,13). The molecule has 0 aromatic carbocycles. The molecule has 0 radical (unpaired) electrons. The first-order valence-corrected chi connectivity index (χ1v) is 5.22. The molecule has 1 amide bonds. The van der Waals surface area contributed by atoms with Gasteiger partial charge in [-0.3, -0.25) is 0 Å². The molecule has 0 aromatic rings. The zero-order valence-corrected chi connectivity index (χ0v) is 8.77. The Labute approximate surface area is 90.4 Å². The fraction of sp³-hybridized carbons (Fsp3) is 0.143. The molecule has 8 nitrogen and oxygen atoms in total. The molecule has 0 aromatic heterocycles. The van der Waals surface area contributed by atoms with Gasteiger partial charge in [-0.1, -0.05) is 13.0 Å². The summed E-state index contributed by atoms with van der Waals surface area (Å²) in [6.45, 7) is 2.57. The predicted molar refractivity (Wildman–Crippen MR) is 50.6 cm³/mol. The van der Waals surface area contributed by atoms with E-state index in [0.717, 1.165) is 0 Å². The van der Waals surface area contributed by atoms with Crippen molar-refractivity contribution in [2.24, 2.45) is 0 Å². The van der Waals surface area contributed by atoms with Crippen LogP contribution in [0, 0.1) is 12.5 Å². The first kappa shape index (κ1) is 14.2. The van der Waals surface area contributed by atoms with Crippen LogP contribution in [0.25, 0.3) is 0 Å². The zero-order chi connectivity index (χ0) is 12.8. The Morgan fingerprint density at radius 3 is 2.50 bits per heavy atom. The summed E-state index contributed by atoms with van der Waals surface area (Å²) in [4.78, 5) is 38.1. The molecular formula is C7H8NO7P. The highest BCUT2D eigenvalue weighted by atomic mass is 31.2. The lowest BCUT2D eigenvalue weighted by atomic mass is 10.3. The summed E-state index contributed by atoms with van der Waals surface area (Å²) < 4.78 is 18.6. The van der Waals surface area contributed by atoms with Crippen molar-refractivity contribution in [1.29, 1.82) is 0 Å². The lowest BCUT2D eigenvalue weighted by molar-refractivity contribution is -0.132. The minimum Gasteiger partial charge on any atom is -0.444 e. The summed E-state index contributed by atoms with van der Waals surface area (Å²) in [6.07, 6.45) is 4.83. The molecule has 0 aliphatic heterocycles. The lowest BCUT2D eigenvalue weighted by Crippen LogP contribution is -2.23. The van der Waals surface area contributed by atoms with Crippen LogP contribution in [0.1, 0.15) is 0 Å². The molecule has 9 heteroatoms. The molecule has 0 aliphatic rings. The van der Waals surface area contributed by atoms with Crippen LogP contribution in [0.5, 0.6) is 0 Å². The third kappa shape index (κ3) is 6.62. The van der Waals surface area contributed by atoms with Crippen molar-refractivity contribution in [3.63, 3.8) is 0 Å². The van der Waals surface area contributed by atoms with Crippen LogP contribution in [0.15, 0.2) is 12.2 Å². The Hall–Kier alpha value is -1.81. The first-order chi connectivity index (χ1) is 7.26. The number of esters is 1. The van der Waals surface area contributed by atoms with E-state index in [0.29, 0.717) is 0 Å². The van der Waals surface area contributed by atoms with Crippen molar-refractivity contribution in [1.82, 2.24) is 5.09 Å². The molecule has 0 atom stereocenters. The zero-order valence-electron chi connectivity index (χ0n) is 7.87. The molecule has 16 heavy (non-hydrogen) atoms. The average Bonchev–Trinajstić information content (AvgIpc) is 2.11. The molecule has 0 spiro atoms. The minimum absolute atomic E-state index is 0.279. The quantitative estimate of drug-likeness (QED) is 0.265. The smallest absolute Gasteiger partial charge is 0.432 e. The molecule has 3 N–H and O–H groups in total. The Balaban J connectivity index is 4.04. The van der Waals surface area contributed by atoms with Gasteiger partial charge in [0.05, 0.1) is 5.57 Å². The van der Waals surface area contributed by atoms with Crippen LogP contribution < -0.4 is 5.09 Å². The number of rotatable bonds is 4. The number of amides is 1. The topological polar surface area (TPSA) is 122 Å². The molecular weight excluding hydrogens is 241 g/mol. The van der Waals surface area contributed by atoms with Crippen LogP contribution in [-0.4, -0.2) is 28.5 Å². The molecule has 0 aliphatic carbocycles. The van der Waals surface area contributed by atoms with Crippen molar-refractivity contribution in [2.75, 3.05) is 6.61 Å². The molecule has 0 heterocycles. The second kappa shape index (κ2) is 5.92. The minimum atomic E-state index is -4.72. The van der Waals surface area contributed by atoms with E-state index in [-0.39, 0.29) is 5.57 Å². The average molecular weight is 249 g/mol. The maximum absolute atomic E-state index is 10.8. The van der Waals surface area contributed by atoms with Crippen LogP contribution in [0.3, 0.4) is 0 Å². The van der Waals surface area contributed by atoms with Crippen molar-refractivity contribution in [3.05, 3.63) is 12.2 Å². The second-order valence-electron chi connectivity index (χ2n) is 2.34. The van der Waals surface area contributed by atoms with Crippen LogP contribution in [0.2, 0.25) is 0 Å². The number of ether oxygens (including phenoxy) is 2. The highest BCUT2D eigenvalue weighted by Crippen LogP contribution is 2.27. The highest BCUT2D eigenvalue weighted by Gasteiger charge is 2.19. The van der Waals surface area contributed by atoms with Gasteiger partial charge >= 0.3 is 19.8 Å². The Morgan fingerprint density at radius 2 is 2.06 bits per heavy atom. The van der Waals surface area contributed by atoms with Gasteiger partial charge in [0.1, 0.15) is 12.7 Å². The maximum Gasteiger partial charge on any atom is 0.432 e. The number of hydrogen-bond donors (Lipinski definition) is 3. The van der Waals surface area contributed by atoms with E-state index in [4.69, 9.17) is 9.79 Å². The summed E-state index contributed by atoms with van der Waals surface area (Å²) >= 11 is 0. The van der Waals surface area contributed by atoms with E-state index in [1.54, 1.807) is 6.11 Å². The predicted octanol–water partition coefficient (Wildman–Crippen LogP) is -0.505. The van der Waals surface area contributed by atoms with Gasteiger partial charge in [-0.15, -0.1) is 0 Å². The Kier molecular flexibility index (Phi) is 5.25. The van der Waals surface area contributed by atoms with Gasteiger partial charge in [-0.05, 0) is 0 Å². The van der Waals surface area contributed by atoms with E-state index in [1.165, 1.54) is 5.09 Å². The maximum atomic E-state index is 10.8. The number of terminal acetylenes is 1. The van der Waals surface area contributed by atoms with Gasteiger partial charge in [-0.2, -0.15) is 0 Å². The van der Waals surface area contributed by atoms with Gasteiger partial charge in [0, 0.05) is 0 Å². The van der Waals surface area contributed by atoms with Gasteiger partial charge in [0.25, 0.3) is 0 Å². The highest BCUT2D eigenvalue weighted by molar-refractivity contribution is 7.50. The monoisotopic (exact) mass is 249 g/mol. The molecule has 0 unspecified atom stereocenters. The van der Waals surface area contributed by atoms with Crippen LogP contribution >= 0.6 is 7.75 Å². The molecule has 0 fully saturated rings. The Morgan fingerprint density at radius 1 is 1.50 bits per heavy atom. The van der Waals surface area contributed by atoms with E-state index in [2.05, 4.69) is 22.5 Å². The number of carbonyl (C=O) groups is 2. The molecule has 0 bridgehead atoms. The summed E-state index contributed by atoms with van der Waals surface area (Å²) in [5, 5.41) is 1.22. The van der Waals surface area contributed by atoms with Crippen LogP contribution in [0.4, 0.5) is 4.79 Å². The van der Waals surface area contributed by atoms with E-state index in [1.807, 2.05) is 0 Å². The van der Waals surface area contributed by atoms with Crippen molar-refractivity contribution in [3.8, 4) is 12.5 Å². The summed E-state index contributed by atoms with van der Waals surface area (Å²) in [5.41, 5.74) is -0.279. The van der Waals surface area contributed by atoms with Gasteiger partial charge in [-0.25, -0.2) is 19.2 Å². The number of nitrogens with one attached hydrogen (secondary N) is 1. The fourth-order valence-corrected chi connectivity index (χ4v) is 0.791. The normalized spacial score (nSPS) is 9.81. The van der Waals surface area contributed by atoms with E-state index >= 15 is 0 Å². The van der Waals surface area contributed by atoms with E-state index < -0.39 is 26.4 Å². The van der Waals surface area contributed by atoms with E-state index in [9.17, 15) is 14.2 Å². The molecule has 0 rings (SSSR count). The van der Waals surface area contributed by atoms with Crippen molar-refractivity contribution < 1.29 is 33.4 Å². The van der Waals surface area contributed by atoms with Gasteiger partial charge in [0.15, 0.2) is 0 Å². The third-order valence-electron chi connectivity index (χ3n) is 1.05. The SMILES string of the molecule is C#COC(=O)C(=C)COC(=O)NP(=O)(O)O. The summed E-state index contributed by atoms with van der Waals surface area (Å²) in [6, 6.07) is 0. The molecule has 0 saturated carbocycles. The lowest BCUT2D eigenvalue weighted by Gasteiger charge is -2.07. The largest absolute Gasteiger partial charge is 0.444 e. The first-order valence-electron chi connectivity index (χ1n) is 3.61. The summed E-state index contributed by atoms with van der Waals surface area (Å²) in [5.74, 6) is -0.980. The van der Waals surface area contributed by atoms with Crippen molar-refractivity contribution in [2.45, 2.75) is 0 Å². The number of carbonyl (C=O) groups excluding carboxylic acids is 2. The molecule has 0 saturated heterocycles. The molecule has 88 valence electrons. The van der Waals surface area contributed by atoms with Gasteiger partial charge < -0.3 is 19.3 Å². The van der Waals surface area contributed by atoms with Crippen molar-refractivity contribution >= 4 is 19.8 Å². The number of hydrogen-bond acceptors (Lipinski definition) is 5. The second-order valence-corrected chi connectivity index (χ2v) is 3.65.